The van der Waals surface area contributed by atoms with Crippen LogP contribution in [0.25, 0.3) is 0 Å². The van der Waals surface area contributed by atoms with Gasteiger partial charge in [0.1, 0.15) is 5.56 Å². The van der Waals surface area contributed by atoms with Crippen LogP contribution in [-0.2, 0) is 4.79 Å². The Kier molecular flexibility index (Phi) is 5.54. The van der Waals surface area contributed by atoms with Crippen molar-refractivity contribution >= 4 is 29.1 Å². The Bertz CT molecular complexity index is 868. The molecule has 1 aliphatic rings. The molecular formula is C19H23N5O3. The molecule has 0 spiro atoms. The molecular weight excluding hydrogens is 346 g/mol. The number of amides is 1. The van der Waals surface area contributed by atoms with Gasteiger partial charge in [0.2, 0.25) is 11.8 Å². The fraction of sp³-hybridized carbons (Fsp3) is 0.368. The number of anilines is 3. The van der Waals surface area contributed by atoms with Crippen LogP contribution in [0.15, 0.2) is 24.3 Å². The molecule has 1 atom stereocenters. The summed E-state index contributed by atoms with van der Waals surface area (Å²) in [6.07, 6.45) is 1.26. The van der Waals surface area contributed by atoms with Crippen LogP contribution in [0.2, 0.25) is 0 Å². The Morgan fingerprint density at radius 1 is 1.37 bits per heavy atom. The highest BCUT2D eigenvalue weighted by molar-refractivity contribution is 6.02. The standard InChI is InChI=1S/C19H23N5O3/c1-4-6-14(25)12(3)21-19-23-16(22-13-8-5-7-11(2)9-13)15-17(26)20-10-27-18(15)24-19/h5,7-9,12H,4,6,10H2,1-3H3,(H,20,26)(H2,21,22,23,24)/t12-/m0/s1. The smallest absolute Gasteiger partial charge is 0.263 e. The first-order valence-electron chi connectivity index (χ1n) is 8.94. The lowest BCUT2D eigenvalue weighted by Gasteiger charge is -2.21. The summed E-state index contributed by atoms with van der Waals surface area (Å²) in [5.74, 6) is 0.497. The van der Waals surface area contributed by atoms with Crippen LogP contribution in [0.5, 0.6) is 5.88 Å². The number of benzene rings is 1. The van der Waals surface area contributed by atoms with Crippen molar-refractivity contribution in [1.29, 1.82) is 0 Å². The highest BCUT2D eigenvalue weighted by atomic mass is 16.5. The Hall–Kier alpha value is -3.16. The van der Waals surface area contributed by atoms with Gasteiger partial charge in [0.15, 0.2) is 18.3 Å². The lowest BCUT2D eigenvalue weighted by Crippen LogP contribution is -2.35. The van der Waals surface area contributed by atoms with Gasteiger partial charge in [0.05, 0.1) is 6.04 Å². The molecule has 0 unspecified atom stereocenters. The topological polar surface area (TPSA) is 105 Å². The number of rotatable bonds is 7. The molecule has 0 radical (unpaired) electrons. The first kappa shape index (κ1) is 18.6. The normalized spacial score (nSPS) is 13.8. The van der Waals surface area contributed by atoms with Crippen molar-refractivity contribution in [3.05, 3.63) is 35.4 Å². The molecule has 142 valence electrons. The quantitative estimate of drug-likeness (QED) is 0.689. The zero-order valence-corrected chi connectivity index (χ0v) is 15.6. The number of ketones is 1. The van der Waals surface area contributed by atoms with E-state index in [2.05, 4.69) is 25.9 Å². The number of nitrogens with zero attached hydrogens (tertiary/aromatic N) is 2. The molecule has 0 bridgehead atoms. The molecule has 2 aromatic rings. The second-order valence-corrected chi connectivity index (χ2v) is 6.45. The predicted molar refractivity (Wildman–Crippen MR) is 102 cm³/mol. The molecule has 1 amide bonds. The maximum absolute atomic E-state index is 12.3. The summed E-state index contributed by atoms with van der Waals surface area (Å²) in [6, 6.07) is 7.27. The predicted octanol–water partition coefficient (Wildman–Crippen LogP) is 2.78. The fourth-order valence-corrected chi connectivity index (χ4v) is 2.76. The Morgan fingerprint density at radius 3 is 2.93 bits per heavy atom. The van der Waals surface area contributed by atoms with Crippen molar-refractivity contribution in [1.82, 2.24) is 15.3 Å². The van der Waals surface area contributed by atoms with Gasteiger partial charge >= 0.3 is 0 Å². The van der Waals surface area contributed by atoms with Crippen LogP contribution in [-0.4, -0.2) is 34.4 Å². The molecule has 1 aromatic carbocycles. The number of ether oxygens (including phenoxy) is 1. The summed E-state index contributed by atoms with van der Waals surface area (Å²) >= 11 is 0. The third kappa shape index (κ3) is 4.33. The highest BCUT2D eigenvalue weighted by Crippen LogP contribution is 2.29. The van der Waals surface area contributed by atoms with E-state index in [1.165, 1.54) is 0 Å². The zero-order valence-electron chi connectivity index (χ0n) is 15.6. The van der Waals surface area contributed by atoms with E-state index in [4.69, 9.17) is 4.74 Å². The van der Waals surface area contributed by atoms with Crippen molar-refractivity contribution in [2.75, 3.05) is 17.4 Å². The van der Waals surface area contributed by atoms with Crippen molar-refractivity contribution in [3.8, 4) is 5.88 Å². The number of fused-ring (bicyclic) bond motifs is 1. The largest absolute Gasteiger partial charge is 0.456 e. The van der Waals surface area contributed by atoms with Crippen LogP contribution in [0.3, 0.4) is 0 Å². The number of carbonyl (C=O) groups excluding carboxylic acids is 2. The van der Waals surface area contributed by atoms with Gasteiger partial charge in [-0.05, 0) is 38.0 Å². The van der Waals surface area contributed by atoms with E-state index in [0.29, 0.717) is 12.2 Å². The van der Waals surface area contributed by atoms with E-state index in [9.17, 15) is 9.59 Å². The summed E-state index contributed by atoms with van der Waals surface area (Å²) in [7, 11) is 0. The van der Waals surface area contributed by atoms with E-state index in [1.54, 1.807) is 6.92 Å². The first-order valence-corrected chi connectivity index (χ1v) is 8.94. The number of carbonyl (C=O) groups is 2. The zero-order chi connectivity index (χ0) is 19.4. The van der Waals surface area contributed by atoms with Gasteiger partial charge in [-0.3, -0.25) is 9.59 Å². The van der Waals surface area contributed by atoms with Crippen LogP contribution >= 0.6 is 0 Å². The average molecular weight is 369 g/mol. The maximum Gasteiger partial charge on any atom is 0.263 e. The van der Waals surface area contributed by atoms with Crippen molar-refractivity contribution in [3.63, 3.8) is 0 Å². The van der Waals surface area contributed by atoms with Gasteiger partial charge in [-0.2, -0.15) is 9.97 Å². The van der Waals surface area contributed by atoms with Gasteiger partial charge in [-0.15, -0.1) is 0 Å². The number of hydrogen-bond acceptors (Lipinski definition) is 7. The molecule has 0 fully saturated rings. The number of aromatic nitrogens is 2. The summed E-state index contributed by atoms with van der Waals surface area (Å²) in [4.78, 5) is 33.1. The molecule has 1 aliphatic heterocycles. The first-order chi connectivity index (χ1) is 13.0. The van der Waals surface area contributed by atoms with Crippen LogP contribution in [0, 0.1) is 6.92 Å². The monoisotopic (exact) mass is 369 g/mol. The second kappa shape index (κ2) is 8.03. The minimum absolute atomic E-state index is 0.0382. The molecule has 0 saturated carbocycles. The molecule has 3 N–H and O–H groups in total. The number of aryl methyl sites for hydroxylation is 1. The third-order valence-electron chi connectivity index (χ3n) is 4.15. The van der Waals surface area contributed by atoms with E-state index in [-0.39, 0.29) is 35.8 Å². The van der Waals surface area contributed by atoms with Gasteiger partial charge in [0, 0.05) is 12.1 Å². The average Bonchev–Trinajstić information content (AvgIpc) is 2.62. The SMILES string of the molecule is CCCC(=O)[C@H](C)Nc1nc(Nc2cccc(C)c2)c2c(n1)OCNC2=O. The Balaban J connectivity index is 1.94. The molecule has 8 nitrogen and oxygen atoms in total. The number of nitrogens with one attached hydrogen (secondary N) is 3. The van der Waals surface area contributed by atoms with Crippen LogP contribution in [0.1, 0.15) is 42.6 Å². The lowest BCUT2D eigenvalue weighted by atomic mass is 10.1. The van der Waals surface area contributed by atoms with Gasteiger partial charge in [-0.1, -0.05) is 19.1 Å². The Labute approximate surface area is 157 Å². The maximum atomic E-state index is 12.3. The minimum Gasteiger partial charge on any atom is -0.456 e. The van der Waals surface area contributed by atoms with Gasteiger partial charge in [0.25, 0.3) is 5.91 Å². The number of hydrogen-bond donors (Lipinski definition) is 3. The molecule has 27 heavy (non-hydrogen) atoms. The van der Waals surface area contributed by atoms with Crippen LogP contribution < -0.4 is 20.7 Å². The minimum atomic E-state index is -0.438. The van der Waals surface area contributed by atoms with Crippen molar-refractivity contribution in [2.45, 2.75) is 39.7 Å². The molecule has 2 heterocycles. The van der Waals surface area contributed by atoms with Crippen molar-refractivity contribution < 1.29 is 14.3 Å². The summed E-state index contributed by atoms with van der Waals surface area (Å²) in [5, 5.41) is 8.78. The lowest BCUT2D eigenvalue weighted by molar-refractivity contribution is -0.119. The third-order valence-corrected chi connectivity index (χ3v) is 4.15. The van der Waals surface area contributed by atoms with E-state index in [1.807, 2.05) is 38.1 Å². The van der Waals surface area contributed by atoms with E-state index < -0.39 is 6.04 Å². The summed E-state index contributed by atoms with van der Waals surface area (Å²) in [5.41, 5.74) is 2.09. The van der Waals surface area contributed by atoms with Gasteiger partial charge in [-0.25, -0.2) is 0 Å². The van der Waals surface area contributed by atoms with Crippen molar-refractivity contribution in [2.24, 2.45) is 0 Å². The molecule has 1 aromatic heterocycles. The molecule has 3 rings (SSSR count). The summed E-state index contributed by atoms with van der Waals surface area (Å²) < 4.78 is 5.48. The fourth-order valence-electron chi connectivity index (χ4n) is 2.76. The molecule has 0 saturated heterocycles. The van der Waals surface area contributed by atoms with Crippen LogP contribution in [0.4, 0.5) is 17.5 Å². The second-order valence-electron chi connectivity index (χ2n) is 6.45. The van der Waals surface area contributed by atoms with Gasteiger partial charge < -0.3 is 20.7 Å². The Morgan fingerprint density at radius 2 is 2.19 bits per heavy atom. The molecule has 0 aliphatic carbocycles. The highest BCUT2D eigenvalue weighted by Gasteiger charge is 2.27. The van der Waals surface area contributed by atoms with E-state index >= 15 is 0 Å². The summed E-state index contributed by atoms with van der Waals surface area (Å²) in [6.45, 7) is 5.74. The number of Topliss-reactive ketones (excluding diaryl/α,β-unsaturated/α-hetero) is 1. The molecule has 8 heteroatoms. The van der Waals surface area contributed by atoms with E-state index in [0.717, 1.165) is 17.7 Å².